The van der Waals surface area contributed by atoms with Crippen molar-refractivity contribution in [2.75, 3.05) is 23.3 Å². The molecule has 1 unspecified atom stereocenters. The number of nitrogens with one attached hydrogen (secondary N) is 2. The number of anilines is 2. The molecule has 3 rings (SSSR count). The Bertz CT molecular complexity index is 683. The van der Waals surface area contributed by atoms with Crippen molar-refractivity contribution < 1.29 is 4.42 Å². The molecule has 1 atom stereocenters. The van der Waals surface area contributed by atoms with Gasteiger partial charge in [-0.1, -0.05) is 6.92 Å². The first-order chi connectivity index (χ1) is 11.6. The quantitative estimate of drug-likeness (QED) is 0.825. The molecule has 0 amide bonds. The molecule has 0 radical (unpaired) electrons. The van der Waals surface area contributed by atoms with Crippen molar-refractivity contribution in [1.29, 1.82) is 0 Å². The number of hydrogen-bond donors (Lipinski definition) is 2. The molecule has 3 heterocycles. The van der Waals surface area contributed by atoms with Crippen LogP contribution in [-0.2, 0) is 6.54 Å². The largest absolute Gasteiger partial charge is 0.465 e. The lowest BCUT2D eigenvalue weighted by Crippen LogP contribution is -2.34. The van der Waals surface area contributed by atoms with E-state index in [1.807, 2.05) is 31.3 Å². The fraction of sp³-hybridized carbons (Fsp3) is 0.444. The number of pyridine rings is 1. The Kier molecular flexibility index (Phi) is 5.35. The van der Waals surface area contributed by atoms with Crippen LogP contribution in [-0.4, -0.2) is 23.2 Å². The highest BCUT2D eigenvalue weighted by atomic mass is 32.1. The average molecular weight is 344 g/mol. The van der Waals surface area contributed by atoms with E-state index in [2.05, 4.69) is 33.5 Å². The van der Waals surface area contributed by atoms with Gasteiger partial charge in [-0.3, -0.25) is 0 Å². The van der Waals surface area contributed by atoms with Crippen LogP contribution in [0.1, 0.15) is 31.3 Å². The zero-order valence-corrected chi connectivity index (χ0v) is 15.0. The van der Waals surface area contributed by atoms with Gasteiger partial charge in [0, 0.05) is 13.1 Å². The predicted molar refractivity (Wildman–Crippen MR) is 101 cm³/mol. The number of aryl methyl sites for hydroxylation is 1. The molecule has 0 aliphatic carbocycles. The van der Waals surface area contributed by atoms with Gasteiger partial charge in [-0.05, 0) is 62.2 Å². The molecule has 1 fully saturated rings. The minimum absolute atomic E-state index is 0.560. The number of piperidine rings is 1. The van der Waals surface area contributed by atoms with E-state index in [1.54, 1.807) is 0 Å². The van der Waals surface area contributed by atoms with Gasteiger partial charge < -0.3 is 20.0 Å². The van der Waals surface area contributed by atoms with E-state index in [1.165, 1.54) is 12.8 Å². The van der Waals surface area contributed by atoms with Crippen molar-refractivity contribution in [3.63, 3.8) is 0 Å². The minimum atomic E-state index is 0.560. The molecule has 5 nitrogen and oxygen atoms in total. The van der Waals surface area contributed by atoms with Crippen LogP contribution in [0.4, 0.5) is 11.5 Å². The third-order valence-electron chi connectivity index (χ3n) is 4.21. The third kappa shape index (κ3) is 4.47. The molecule has 0 aromatic carbocycles. The van der Waals surface area contributed by atoms with Gasteiger partial charge in [-0.2, -0.15) is 0 Å². The van der Waals surface area contributed by atoms with Crippen LogP contribution in [0.15, 0.2) is 34.9 Å². The highest BCUT2D eigenvalue weighted by molar-refractivity contribution is 7.80. The summed E-state index contributed by atoms with van der Waals surface area (Å²) in [5.41, 5.74) is 0.886. The summed E-state index contributed by atoms with van der Waals surface area (Å²) >= 11 is 5.31. The Morgan fingerprint density at radius 1 is 1.38 bits per heavy atom. The molecule has 0 bridgehead atoms. The number of nitrogens with zero attached hydrogens (tertiary/aromatic N) is 2. The lowest BCUT2D eigenvalue weighted by Gasteiger charge is -2.31. The van der Waals surface area contributed by atoms with Crippen molar-refractivity contribution in [3.05, 3.63) is 42.0 Å². The summed E-state index contributed by atoms with van der Waals surface area (Å²) in [5.74, 6) is 3.54. The van der Waals surface area contributed by atoms with E-state index in [9.17, 15) is 0 Å². The molecular weight excluding hydrogens is 320 g/mol. The lowest BCUT2D eigenvalue weighted by atomic mass is 10.0. The van der Waals surface area contributed by atoms with Crippen molar-refractivity contribution >= 4 is 28.8 Å². The van der Waals surface area contributed by atoms with Gasteiger partial charge in [0.25, 0.3) is 0 Å². The number of furan rings is 1. The minimum Gasteiger partial charge on any atom is -0.465 e. The van der Waals surface area contributed by atoms with Crippen LogP contribution in [0.5, 0.6) is 0 Å². The van der Waals surface area contributed by atoms with Gasteiger partial charge in [0.15, 0.2) is 5.11 Å². The molecule has 1 aliphatic heterocycles. The van der Waals surface area contributed by atoms with Crippen molar-refractivity contribution in [1.82, 2.24) is 10.3 Å². The highest BCUT2D eigenvalue weighted by Gasteiger charge is 2.17. The van der Waals surface area contributed by atoms with E-state index in [-0.39, 0.29) is 0 Å². The van der Waals surface area contributed by atoms with Gasteiger partial charge in [-0.25, -0.2) is 4.98 Å². The third-order valence-corrected chi connectivity index (χ3v) is 4.45. The molecule has 0 saturated carbocycles. The number of aromatic nitrogens is 1. The van der Waals surface area contributed by atoms with Crippen LogP contribution in [0.3, 0.4) is 0 Å². The smallest absolute Gasteiger partial charge is 0.171 e. The Labute approximate surface area is 148 Å². The molecule has 2 N–H and O–H groups in total. The fourth-order valence-electron chi connectivity index (χ4n) is 2.97. The molecule has 1 saturated heterocycles. The van der Waals surface area contributed by atoms with Gasteiger partial charge >= 0.3 is 0 Å². The Morgan fingerprint density at radius 3 is 2.92 bits per heavy atom. The van der Waals surface area contributed by atoms with E-state index >= 15 is 0 Å². The summed E-state index contributed by atoms with van der Waals surface area (Å²) in [6.45, 7) is 6.97. The van der Waals surface area contributed by atoms with E-state index in [0.29, 0.717) is 11.7 Å². The summed E-state index contributed by atoms with van der Waals surface area (Å²) in [6.07, 6.45) is 4.38. The van der Waals surface area contributed by atoms with E-state index in [4.69, 9.17) is 16.6 Å². The van der Waals surface area contributed by atoms with Gasteiger partial charge in [0.1, 0.15) is 17.3 Å². The Morgan fingerprint density at radius 2 is 2.25 bits per heavy atom. The SMILES string of the molecule is Cc1ccc(CNC(=S)Nc2ccc(N3CCCC(C)C3)nc2)o1. The molecule has 128 valence electrons. The number of thiocarbonyl (C=S) groups is 1. The van der Waals surface area contributed by atoms with Crippen LogP contribution < -0.4 is 15.5 Å². The highest BCUT2D eigenvalue weighted by Crippen LogP contribution is 2.22. The van der Waals surface area contributed by atoms with Crippen LogP contribution in [0, 0.1) is 12.8 Å². The fourth-order valence-corrected chi connectivity index (χ4v) is 3.16. The molecular formula is C18H24N4OS. The zero-order valence-electron chi connectivity index (χ0n) is 14.2. The Hall–Kier alpha value is -2.08. The first kappa shape index (κ1) is 16.8. The second kappa shape index (κ2) is 7.66. The number of rotatable bonds is 4. The standard InChI is InChI=1S/C18H24N4OS/c1-13-4-3-9-22(12-13)17-8-6-15(10-19-17)21-18(24)20-11-16-7-5-14(2)23-16/h5-8,10,13H,3-4,9,11-12H2,1-2H3,(H2,20,21,24). The van der Waals surface area contributed by atoms with E-state index < -0.39 is 0 Å². The molecule has 2 aromatic heterocycles. The maximum Gasteiger partial charge on any atom is 0.171 e. The summed E-state index contributed by atoms with van der Waals surface area (Å²) < 4.78 is 5.51. The summed E-state index contributed by atoms with van der Waals surface area (Å²) in [4.78, 5) is 6.92. The molecule has 0 spiro atoms. The molecule has 24 heavy (non-hydrogen) atoms. The zero-order chi connectivity index (χ0) is 16.9. The van der Waals surface area contributed by atoms with Crippen LogP contribution in [0.25, 0.3) is 0 Å². The first-order valence-electron chi connectivity index (χ1n) is 8.41. The normalized spacial score (nSPS) is 17.6. The maximum absolute atomic E-state index is 5.51. The average Bonchev–Trinajstić information content (AvgIpc) is 2.99. The molecule has 2 aromatic rings. The summed E-state index contributed by atoms with van der Waals surface area (Å²) in [5, 5.41) is 6.85. The van der Waals surface area contributed by atoms with Crippen molar-refractivity contribution in [3.8, 4) is 0 Å². The van der Waals surface area contributed by atoms with Gasteiger partial charge in [-0.15, -0.1) is 0 Å². The summed E-state index contributed by atoms with van der Waals surface area (Å²) in [6, 6.07) is 7.96. The number of hydrogen-bond acceptors (Lipinski definition) is 4. The van der Waals surface area contributed by atoms with E-state index in [0.717, 1.165) is 42.0 Å². The van der Waals surface area contributed by atoms with Crippen LogP contribution >= 0.6 is 12.2 Å². The lowest BCUT2D eigenvalue weighted by molar-refractivity contribution is 0.444. The summed E-state index contributed by atoms with van der Waals surface area (Å²) in [7, 11) is 0. The molecule has 1 aliphatic rings. The van der Waals surface area contributed by atoms with Crippen LogP contribution in [0.2, 0.25) is 0 Å². The van der Waals surface area contributed by atoms with Gasteiger partial charge in [0.05, 0.1) is 18.4 Å². The second-order valence-corrected chi connectivity index (χ2v) is 6.83. The monoisotopic (exact) mass is 344 g/mol. The van der Waals surface area contributed by atoms with Gasteiger partial charge in [0.2, 0.25) is 0 Å². The van der Waals surface area contributed by atoms with Crippen molar-refractivity contribution in [2.24, 2.45) is 5.92 Å². The second-order valence-electron chi connectivity index (χ2n) is 6.42. The topological polar surface area (TPSA) is 53.3 Å². The van der Waals surface area contributed by atoms with Crippen molar-refractivity contribution in [2.45, 2.75) is 33.2 Å². The maximum atomic E-state index is 5.51. The Balaban J connectivity index is 1.51. The first-order valence-corrected chi connectivity index (χ1v) is 8.82. The predicted octanol–water partition coefficient (Wildman–Crippen LogP) is 3.71. The molecule has 6 heteroatoms.